The number of nitrogens with zero attached hydrogens (tertiary/aromatic N) is 1. The molecule has 142 valence electrons. The highest BCUT2D eigenvalue weighted by Crippen LogP contribution is 2.34. The van der Waals surface area contributed by atoms with Crippen molar-refractivity contribution in [1.29, 1.82) is 0 Å². The lowest BCUT2D eigenvalue weighted by Gasteiger charge is -2.08. The summed E-state index contributed by atoms with van der Waals surface area (Å²) in [7, 11) is -3.89. The number of aryl methyl sites for hydroxylation is 1. The largest absolute Gasteiger partial charge is 0.416 e. The van der Waals surface area contributed by atoms with Crippen LogP contribution in [0.3, 0.4) is 0 Å². The molecule has 0 radical (unpaired) electrons. The summed E-state index contributed by atoms with van der Waals surface area (Å²) in [6.07, 6.45) is -4.71. The summed E-state index contributed by atoms with van der Waals surface area (Å²) in [5.41, 5.74) is -0.324. The van der Waals surface area contributed by atoms with Crippen molar-refractivity contribution in [2.24, 2.45) is 0 Å². The molecule has 0 saturated carbocycles. The molecule has 2 aromatic carbocycles. The van der Waals surface area contributed by atoms with Crippen LogP contribution in [0.25, 0.3) is 11.3 Å². The number of halogens is 4. The van der Waals surface area contributed by atoms with Crippen molar-refractivity contribution in [2.75, 3.05) is 4.72 Å². The number of anilines is 1. The Bertz CT molecular complexity index is 1080. The highest BCUT2D eigenvalue weighted by molar-refractivity contribution is 7.93. The van der Waals surface area contributed by atoms with Gasteiger partial charge in [0.1, 0.15) is 5.82 Å². The molecular weight excluding hydrogens is 404 g/mol. The number of hydrogen-bond acceptors (Lipinski definition) is 4. The van der Waals surface area contributed by atoms with Gasteiger partial charge in [0.05, 0.1) is 16.2 Å². The lowest BCUT2D eigenvalue weighted by Crippen LogP contribution is -2.12. The van der Waals surface area contributed by atoms with Crippen molar-refractivity contribution in [2.45, 2.75) is 18.0 Å². The van der Waals surface area contributed by atoms with Crippen molar-refractivity contribution in [1.82, 2.24) is 4.98 Å². The topological polar surface area (TPSA) is 59.1 Å². The van der Waals surface area contributed by atoms with E-state index in [1.807, 2.05) is 6.92 Å². The fourth-order valence-electron chi connectivity index (χ4n) is 2.25. The fourth-order valence-corrected chi connectivity index (χ4v) is 4.22. The molecule has 27 heavy (non-hydrogen) atoms. The lowest BCUT2D eigenvalue weighted by molar-refractivity contribution is -0.137. The molecule has 3 aromatic rings. The SMILES string of the molecule is Cc1ccc(S(=O)(=O)Nc2nc(-c3cc(F)cc(C(F)(F)F)c3)cs2)cc1. The Hall–Kier alpha value is -2.46. The minimum atomic E-state index is -4.71. The van der Waals surface area contributed by atoms with Crippen LogP contribution in [0, 0.1) is 12.7 Å². The van der Waals surface area contributed by atoms with Crippen LogP contribution in [0.1, 0.15) is 11.1 Å². The molecule has 0 atom stereocenters. The van der Waals surface area contributed by atoms with Crippen LogP contribution >= 0.6 is 11.3 Å². The van der Waals surface area contributed by atoms with E-state index in [0.29, 0.717) is 6.07 Å². The van der Waals surface area contributed by atoms with Crippen molar-refractivity contribution in [3.63, 3.8) is 0 Å². The van der Waals surface area contributed by atoms with Crippen LogP contribution in [-0.2, 0) is 16.2 Å². The Morgan fingerprint density at radius 2 is 1.74 bits per heavy atom. The first-order valence-electron chi connectivity index (χ1n) is 7.48. The van der Waals surface area contributed by atoms with E-state index in [-0.39, 0.29) is 21.3 Å². The third-order valence-electron chi connectivity index (χ3n) is 3.58. The Morgan fingerprint density at radius 3 is 2.37 bits per heavy atom. The van der Waals surface area contributed by atoms with Gasteiger partial charge in [0, 0.05) is 10.9 Å². The average Bonchev–Trinajstić information content (AvgIpc) is 3.01. The second-order valence-electron chi connectivity index (χ2n) is 5.68. The molecule has 0 unspecified atom stereocenters. The van der Waals surface area contributed by atoms with Crippen molar-refractivity contribution in [3.05, 3.63) is 64.8 Å². The number of rotatable bonds is 4. The maximum absolute atomic E-state index is 13.5. The Morgan fingerprint density at radius 1 is 1.07 bits per heavy atom. The molecule has 1 heterocycles. The maximum Gasteiger partial charge on any atom is 0.416 e. The number of alkyl halides is 3. The van der Waals surface area contributed by atoms with Gasteiger partial charge in [0.15, 0.2) is 5.13 Å². The lowest BCUT2D eigenvalue weighted by atomic mass is 10.1. The number of thiazole rings is 1. The molecule has 0 spiro atoms. The van der Waals surface area contributed by atoms with Gasteiger partial charge in [-0.3, -0.25) is 4.72 Å². The molecule has 0 bridgehead atoms. The number of nitrogens with one attached hydrogen (secondary N) is 1. The quantitative estimate of drug-likeness (QED) is 0.604. The van der Waals surface area contributed by atoms with E-state index >= 15 is 0 Å². The average molecular weight is 416 g/mol. The van der Waals surface area contributed by atoms with E-state index in [2.05, 4.69) is 9.71 Å². The molecular formula is C17H12F4N2O2S2. The smallest absolute Gasteiger partial charge is 0.255 e. The van der Waals surface area contributed by atoms with Gasteiger partial charge in [-0.15, -0.1) is 11.3 Å². The Kier molecular flexibility index (Phi) is 4.96. The third-order valence-corrected chi connectivity index (χ3v) is 5.82. The van der Waals surface area contributed by atoms with Crippen molar-refractivity contribution >= 4 is 26.5 Å². The van der Waals surface area contributed by atoms with Gasteiger partial charge in [0.25, 0.3) is 10.0 Å². The molecule has 10 heteroatoms. The van der Waals surface area contributed by atoms with E-state index in [1.165, 1.54) is 17.5 Å². The van der Waals surface area contributed by atoms with Crippen LogP contribution in [-0.4, -0.2) is 13.4 Å². The summed E-state index contributed by atoms with van der Waals surface area (Å²) in [6, 6.07) is 8.17. The number of sulfonamides is 1. The molecule has 1 N–H and O–H groups in total. The van der Waals surface area contributed by atoms with Crippen LogP contribution in [0.15, 0.2) is 52.7 Å². The van der Waals surface area contributed by atoms with E-state index in [9.17, 15) is 26.0 Å². The Balaban J connectivity index is 1.89. The summed E-state index contributed by atoms with van der Waals surface area (Å²) < 4.78 is 79.0. The first kappa shape index (κ1) is 19.3. The molecule has 0 aliphatic carbocycles. The van der Waals surface area contributed by atoms with Gasteiger partial charge in [-0.05, 0) is 37.3 Å². The summed E-state index contributed by atoms with van der Waals surface area (Å²) in [5.74, 6) is -1.06. The standard InChI is InChI=1S/C17H12F4N2O2S2/c1-10-2-4-14(5-3-10)27(24,25)23-16-22-15(9-26-16)11-6-12(17(19,20)21)8-13(18)7-11/h2-9H,1H3,(H,22,23). The van der Waals surface area contributed by atoms with E-state index in [4.69, 9.17) is 0 Å². The molecule has 4 nitrogen and oxygen atoms in total. The monoisotopic (exact) mass is 416 g/mol. The Labute approximate surface area is 156 Å². The summed E-state index contributed by atoms with van der Waals surface area (Å²) >= 11 is 0.883. The number of benzene rings is 2. The predicted molar refractivity (Wildman–Crippen MR) is 94.5 cm³/mol. The zero-order valence-electron chi connectivity index (χ0n) is 13.7. The summed E-state index contributed by atoms with van der Waals surface area (Å²) in [4.78, 5) is 3.99. The highest BCUT2D eigenvalue weighted by Gasteiger charge is 2.31. The molecule has 0 fully saturated rings. The summed E-state index contributed by atoms with van der Waals surface area (Å²) in [6.45, 7) is 1.81. The normalized spacial score (nSPS) is 12.2. The molecule has 3 rings (SSSR count). The van der Waals surface area contributed by atoms with Gasteiger partial charge in [-0.25, -0.2) is 17.8 Å². The first-order valence-corrected chi connectivity index (χ1v) is 9.84. The third kappa shape index (κ3) is 4.45. The van der Waals surface area contributed by atoms with Crippen LogP contribution in [0.4, 0.5) is 22.7 Å². The minimum Gasteiger partial charge on any atom is -0.255 e. The molecule has 0 amide bonds. The van der Waals surface area contributed by atoms with Gasteiger partial charge < -0.3 is 0 Å². The molecule has 0 aliphatic rings. The minimum absolute atomic E-state index is 0.0231. The van der Waals surface area contributed by atoms with E-state index in [1.54, 1.807) is 12.1 Å². The van der Waals surface area contributed by atoms with Gasteiger partial charge in [-0.2, -0.15) is 13.2 Å². The van der Waals surface area contributed by atoms with Crippen LogP contribution in [0.5, 0.6) is 0 Å². The van der Waals surface area contributed by atoms with Crippen LogP contribution in [0.2, 0.25) is 0 Å². The molecule has 1 aromatic heterocycles. The number of aromatic nitrogens is 1. The molecule has 0 saturated heterocycles. The van der Waals surface area contributed by atoms with E-state index < -0.39 is 27.6 Å². The second-order valence-corrected chi connectivity index (χ2v) is 8.22. The maximum atomic E-state index is 13.5. The zero-order chi connectivity index (χ0) is 19.8. The van der Waals surface area contributed by atoms with E-state index in [0.717, 1.165) is 29.0 Å². The zero-order valence-corrected chi connectivity index (χ0v) is 15.3. The van der Waals surface area contributed by atoms with Crippen molar-refractivity contribution < 1.29 is 26.0 Å². The van der Waals surface area contributed by atoms with Crippen molar-refractivity contribution in [3.8, 4) is 11.3 Å². The number of hydrogen-bond donors (Lipinski definition) is 1. The first-order chi connectivity index (χ1) is 12.5. The summed E-state index contributed by atoms with van der Waals surface area (Å²) in [5, 5.41) is 1.31. The van der Waals surface area contributed by atoms with Gasteiger partial charge >= 0.3 is 6.18 Å². The fraction of sp³-hybridized carbons (Fsp3) is 0.118. The predicted octanol–water partition coefficient (Wildman–Crippen LogP) is 5.08. The highest BCUT2D eigenvalue weighted by atomic mass is 32.2. The van der Waals surface area contributed by atoms with Gasteiger partial charge in [-0.1, -0.05) is 17.7 Å². The van der Waals surface area contributed by atoms with Gasteiger partial charge in [0.2, 0.25) is 0 Å². The second kappa shape index (κ2) is 6.93. The molecule has 0 aliphatic heterocycles. The van der Waals surface area contributed by atoms with Crippen LogP contribution < -0.4 is 4.72 Å².